The average Bonchev–Trinajstić information content (AvgIpc) is 3.68. The first kappa shape index (κ1) is 24.3. The number of halogens is 2. The smallest absolute Gasteiger partial charge is 0.326 e. The number of pyridine rings is 1. The van der Waals surface area contributed by atoms with E-state index in [-0.39, 0.29) is 5.82 Å². The summed E-state index contributed by atoms with van der Waals surface area (Å²) in [7, 11) is 0. The number of hydrogen-bond acceptors (Lipinski definition) is 7. The zero-order valence-corrected chi connectivity index (χ0v) is 19.2. The molecule has 0 aromatic carbocycles. The first-order valence-corrected chi connectivity index (χ1v) is 12.1. The number of rotatable bonds is 13. The number of alkyl halides is 2. The number of unbranched alkanes of at least 4 members (excludes halogenated alkanes) is 1. The fourth-order valence-electron chi connectivity index (χ4n) is 4.35. The molecule has 0 unspecified atom stereocenters. The number of carboxylic acids is 1. The summed E-state index contributed by atoms with van der Waals surface area (Å²) in [5.41, 5.74) is 1.98. The van der Waals surface area contributed by atoms with Crippen LogP contribution in [-0.4, -0.2) is 62.6 Å². The fourth-order valence-corrected chi connectivity index (χ4v) is 4.35. The molecule has 1 aliphatic heterocycles. The molecule has 3 N–H and O–H groups in total. The number of fused-ring (bicyclic) bond motifs is 1. The van der Waals surface area contributed by atoms with E-state index in [1.807, 2.05) is 0 Å². The lowest BCUT2D eigenvalue weighted by Crippen LogP contribution is -2.36. The van der Waals surface area contributed by atoms with Gasteiger partial charge in [0.25, 0.3) is 6.43 Å². The van der Waals surface area contributed by atoms with Gasteiger partial charge >= 0.3 is 5.97 Å². The Balaban J connectivity index is 1.24. The lowest BCUT2D eigenvalue weighted by atomic mass is 10.1. The van der Waals surface area contributed by atoms with Gasteiger partial charge in [0, 0.05) is 30.9 Å². The molecule has 34 heavy (non-hydrogen) atoms. The number of aryl methyl sites for hydroxylation is 2. The van der Waals surface area contributed by atoms with Crippen molar-refractivity contribution in [3.8, 4) is 0 Å². The van der Waals surface area contributed by atoms with Crippen LogP contribution in [0.15, 0.2) is 24.5 Å². The van der Waals surface area contributed by atoms with Crippen LogP contribution >= 0.6 is 0 Å². The standard InChI is InChI=1S/C24H32F2N6O2/c25-22(26)20-14-21(29-15-28-20)31-19(24(33)34)10-13-32(18-8-9-18)12-2-1-5-17-7-6-16-4-3-11-27-23(16)30-17/h6-7,14-15,18-19,22H,1-5,8-13H2,(H,27,30)(H,33,34)(H,28,29,31)/t19-/m0/s1. The minimum atomic E-state index is -2.73. The summed E-state index contributed by atoms with van der Waals surface area (Å²) in [5.74, 6) is 0.0997. The van der Waals surface area contributed by atoms with Crippen LogP contribution in [0.1, 0.15) is 61.9 Å². The van der Waals surface area contributed by atoms with Gasteiger partial charge < -0.3 is 20.6 Å². The Labute approximate surface area is 198 Å². The highest BCUT2D eigenvalue weighted by atomic mass is 19.3. The van der Waals surface area contributed by atoms with Crippen LogP contribution < -0.4 is 10.6 Å². The van der Waals surface area contributed by atoms with Crippen molar-refractivity contribution in [1.29, 1.82) is 0 Å². The monoisotopic (exact) mass is 474 g/mol. The molecule has 1 atom stereocenters. The van der Waals surface area contributed by atoms with Gasteiger partial charge in [0.15, 0.2) is 0 Å². The highest BCUT2D eigenvalue weighted by Crippen LogP contribution is 2.28. The number of nitrogens with one attached hydrogen (secondary N) is 2. The van der Waals surface area contributed by atoms with Gasteiger partial charge in [-0.15, -0.1) is 0 Å². The molecule has 2 aromatic heterocycles. The van der Waals surface area contributed by atoms with Crippen molar-refractivity contribution in [3.05, 3.63) is 41.5 Å². The molecule has 4 rings (SSSR count). The number of anilines is 2. The third kappa shape index (κ3) is 6.82. The summed E-state index contributed by atoms with van der Waals surface area (Å²) < 4.78 is 25.8. The summed E-state index contributed by atoms with van der Waals surface area (Å²) in [5, 5.41) is 15.8. The minimum Gasteiger partial charge on any atom is -0.480 e. The van der Waals surface area contributed by atoms with E-state index in [2.05, 4.69) is 37.6 Å². The molecule has 0 saturated heterocycles. The van der Waals surface area contributed by atoms with E-state index in [0.29, 0.717) is 19.0 Å². The second-order valence-electron chi connectivity index (χ2n) is 9.02. The van der Waals surface area contributed by atoms with Crippen LogP contribution in [0, 0.1) is 0 Å². The lowest BCUT2D eigenvalue weighted by molar-refractivity contribution is -0.138. The van der Waals surface area contributed by atoms with Crippen molar-refractivity contribution in [2.45, 2.75) is 69.9 Å². The molecule has 0 spiro atoms. The second kappa shape index (κ2) is 11.5. The van der Waals surface area contributed by atoms with Gasteiger partial charge in [0.1, 0.15) is 29.7 Å². The van der Waals surface area contributed by atoms with Crippen molar-refractivity contribution >= 4 is 17.6 Å². The number of nitrogens with zero attached hydrogens (tertiary/aromatic N) is 4. The quantitative estimate of drug-likeness (QED) is 0.376. The molecule has 0 radical (unpaired) electrons. The van der Waals surface area contributed by atoms with E-state index in [9.17, 15) is 18.7 Å². The van der Waals surface area contributed by atoms with Crippen LogP contribution in [0.4, 0.5) is 20.4 Å². The molecule has 3 heterocycles. The molecule has 2 aromatic rings. The molecular weight excluding hydrogens is 442 g/mol. The Hall–Kier alpha value is -2.88. The molecule has 10 heteroatoms. The van der Waals surface area contributed by atoms with Crippen LogP contribution in [0.3, 0.4) is 0 Å². The molecule has 1 aliphatic carbocycles. The van der Waals surface area contributed by atoms with Crippen molar-refractivity contribution in [3.63, 3.8) is 0 Å². The largest absolute Gasteiger partial charge is 0.480 e. The van der Waals surface area contributed by atoms with Gasteiger partial charge in [-0.1, -0.05) is 6.07 Å². The Morgan fingerprint density at radius 2 is 2.09 bits per heavy atom. The van der Waals surface area contributed by atoms with E-state index in [4.69, 9.17) is 4.98 Å². The minimum absolute atomic E-state index is 0.0997. The normalized spacial score (nSPS) is 16.2. The third-order valence-corrected chi connectivity index (χ3v) is 6.38. The zero-order chi connectivity index (χ0) is 23.9. The maximum Gasteiger partial charge on any atom is 0.326 e. The Morgan fingerprint density at radius 3 is 2.85 bits per heavy atom. The SMILES string of the molecule is O=C(O)[C@H](CCN(CCCCc1ccc2c(n1)NCCC2)C1CC1)Nc1cc(C(F)F)ncn1. The summed E-state index contributed by atoms with van der Waals surface area (Å²) in [4.78, 5) is 26.3. The van der Waals surface area contributed by atoms with E-state index >= 15 is 0 Å². The maximum absolute atomic E-state index is 12.9. The Bertz CT molecular complexity index is 972. The molecule has 1 fully saturated rings. The number of aliphatic carboxylic acids is 1. The molecule has 8 nitrogen and oxygen atoms in total. The number of carboxylic acid groups (broad SMARTS) is 1. The molecule has 1 saturated carbocycles. The lowest BCUT2D eigenvalue weighted by Gasteiger charge is -2.24. The summed E-state index contributed by atoms with van der Waals surface area (Å²) in [6, 6.07) is 5.00. The van der Waals surface area contributed by atoms with Gasteiger partial charge in [0.2, 0.25) is 0 Å². The molecule has 2 aliphatic rings. The van der Waals surface area contributed by atoms with Crippen molar-refractivity contribution in [2.24, 2.45) is 0 Å². The average molecular weight is 475 g/mol. The third-order valence-electron chi connectivity index (χ3n) is 6.38. The van der Waals surface area contributed by atoms with Gasteiger partial charge in [-0.25, -0.2) is 28.5 Å². The highest BCUT2D eigenvalue weighted by molar-refractivity contribution is 5.76. The van der Waals surface area contributed by atoms with Crippen LogP contribution in [0.5, 0.6) is 0 Å². The van der Waals surface area contributed by atoms with E-state index in [0.717, 1.165) is 81.9 Å². The Morgan fingerprint density at radius 1 is 1.24 bits per heavy atom. The van der Waals surface area contributed by atoms with Crippen molar-refractivity contribution < 1.29 is 18.7 Å². The topological polar surface area (TPSA) is 103 Å². The first-order chi connectivity index (χ1) is 16.5. The Kier molecular flexibility index (Phi) is 8.21. The molecule has 0 bridgehead atoms. The van der Waals surface area contributed by atoms with Crippen LogP contribution in [-0.2, 0) is 17.6 Å². The maximum atomic E-state index is 12.9. The second-order valence-corrected chi connectivity index (χ2v) is 9.02. The van der Waals surface area contributed by atoms with E-state index < -0.39 is 24.1 Å². The first-order valence-electron chi connectivity index (χ1n) is 12.1. The molecule has 0 amide bonds. The zero-order valence-electron chi connectivity index (χ0n) is 19.2. The van der Waals surface area contributed by atoms with Gasteiger partial charge in [-0.2, -0.15) is 0 Å². The number of aromatic nitrogens is 3. The summed E-state index contributed by atoms with van der Waals surface area (Å²) in [6.45, 7) is 2.52. The van der Waals surface area contributed by atoms with Crippen LogP contribution in [0.2, 0.25) is 0 Å². The van der Waals surface area contributed by atoms with Gasteiger partial charge in [0.05, 0.1) is 0 Å². The van der Waals surface area contributed by atoms with E-state index in [1.54, 1.807) is 0 Å². The predicted octanol–water partition coefficient (Wildman–Crippen LogP) is 3.91. The predicted molar refractivity (Wildman–Crippen MR) is 125 cm³/mol. The number of hydrogen-bond donors (Lipinski definition) is 3. The number of carbonyl (C=O) groups is 1. The highest BCUT2D eigenvalue weighted by Gasteiger charge is 2.30. The van der Waals surface area contributed by atoms with Crippen molar-refractivity contribution in [2.75, 3.05) is 30.3 Å². The summed E-state index contributed by atoms with van der Waals surface area (Å²) >= 11 is 0. The van der Waals surface area contributed by atoms with Crippen molar-refractivity contribution in [1.82, 2.24) is 19.9 Å². The summed E-state index contributed by atoms with van der Waals surface area (Å²) in [6.07, 6.45) is 6.11. The molecular formula is C24H32F2N6O2. The van der Waals surface area contributed by atoms with Crippen LogP contribution in [0.25, 0.3) is 0 Å². The van der Waals surface area contributed by atoms with Gasteiger partial charge in [-0.3, -0.25) is 0 Å². The van der Waals surface area contributed by atoms with E-state index in [1.165, 1.54) is 5.56 Å². The molecule has 184 valence electrons. The van der Waals surface area contributed by atoms with Gasteiger partial charge in [-0.05, 0) is 69.5 Å². The fraction of sp³-hybridized carbons (Fsp3) is 0.583.